The number of nitrogens with one attached hydrogen (secondary N) is 1. The number of hydrogen-bond donors (Lipinski definition) is 1. The van der Waals surface area contributed by atoms with Crippen molar-refractivity contribution < 1.29 is 9.59 Å². The first-order chi connectivity index (χ1) is 15.6. The van der Waals surface area contributed by atoms with Gasteiger partial charge in [0.25, 0.3) is 5.91 Å². The van der Waals surface area contributed by atoms with Gasteiger partial charge < -0.3 is 10.1 Å². The lowest BCUT2D eigenvalue weighted by Gasteiger charge is -2.25. The van der Waals surface area contributed by atoms with Crippen LogP contribution in [-0.2, 0) is 4.79 Å². The van der Waals surface area contributed by atoms with Gasteiger partial charge in [0, 0.05) is 30.7 Å². The van der Waals surface area contributed by atoms with Gasteiger partial charge in [-0.05, 0) is 50.3 Å². The Balaban J connectivity index is 1.48. The van der Waals surface area contributed by atoms with Crippen LogP contribution >= 0.6 is 0 Å². The van der Waals surface area contributed by atoms with E-state index < -0.39 is 0 Å². The van der Waals surface area contributed by atoms with Crippen molar-refractivity contribution in [2.24, 2.45) is 5.92 Å². The largest absolute Gasteiger partial charge is 0.319 e. The number of pyridine rings is 1. The lowest BCUT2D eigenvalue weighted by Crippen LogP contribution is -2.19. The summed E-state index contributed by atoms with van der Waals surface area (Å²) in [5.41, 5.74) is 3.79. The first kappa shape index (κ1) is 20.0. The lowest BCUT2D eigenvalue weighted by molar-refractivity contribution is -0.112. The van der Waals surface area contributed by atoms with E-state index in [9.17, 15) is 9.59 Å². The number of rotatable bonds is 5. The SMILES string of the molecule is Cc1ccc(-c2nn([C@H]3CC[C@H](C=O)CC3)cc2NC(=O)c2cnn3cccnc23)nc1. The Morgan fingerprint density at radius 3 is 2.75 bits per heavy atom. The van der Waals surface area contributed by atoms with Crippen molar-refractivity contribution in [3.63, 3.8) is 0 Å². The van der Waals surface area contributed by atoms with Crippen LogP contribution in [0.5, 0.6) is 0 Å². The number of carbonyl (C=O) groups is 2. The molecule has 4 aromatic heterocycles. The highest BCUT2D eigenvalue weighted by molar-refractivity contribution is 6.09. The predicted molar refractivity (Wildman–Crippen MR) is 118 cm³/mol. The van der Waals surface area contributed by atoms with Gasteiger partial charge in [0.05, 0.1) is 23.6 Å². The third-order valence-electron chi connectivity index (χ3n) is 5.97. The monoisotopic (exact) mass is 429 g/mol. The topological polar surface area (TPSA) is 107 Å². The molecular formula is C23H23N7O2. The maximum Gasteiger partial charge on any atom is 0.261 e. The van der Waals surface area contributed by atoms with Gasteiger partial charge in [-0.25, -0.2) is 9.50 Å². The van der Waals surface area contributed by atoms with Crippen LogP contribution in [0, 0.1) is 12.8 Å². The fourth-order valence-corrected chi connectivity index (χ4v) is 4.15. The second-order valence-electron chi connectivity index (χ2n) is 8.20. The first-order valence-electron chi connectivity index (χ1n) is 10.7. The number of hydrogen-bond acceptors (Lipinski definition) is 6. The highest BCUT2D eigenvalue weighted by atomic mass is 16.1. The summed E-state index contributed by atoms with van der Waals surface area (Å²) >= 11 is 0. The summed E-state index contributed by atoms with van der Waals surface area (Å²) < 4.78 is 3.47. The number of nitrogens with zero attached hydrogens (tertiary/aromatic N) is 6. The Labute approximate surface area is 184 Å². The van der Waals surface area contributed by atoms with E-state index >= 15 is 0 Å². The van der Waals surface area contributed by atoms with E-state index in [0.717, 1.165) is 37.5 Å². The van der Waals surface area contributed by atoms with Crippen LogP contribution in [0.25, 0.3) is 17.0 Å². The molecule has 1 fully saturated rings. The number of amides is 1. The van der Waals surface area contributed by atoms with Crippen LogP contribution in [0.3, 0.4) is 0 Å². The Bertz CT molecular complexity index is 1270. The highest BCUT2D eigenvalue weighted by Gasteiger charge is 2.25. The van der Waals surface area contributed by atoms with Crippen molar-refractivity contribution in [1.82, 2.24) is 29.4 Å². The van der Waals surface area contributed by atoms with Gasteiger partial charge in [0.15, 0.2) is 5.65 Å². The fourth-order valence-electron chi connectivity index (χ4n) is 4.15. The van der Waals surface area contributed by atoms with E-state index in [-0.39, 0.29) is 17.9 Å². The molecule has 1 aliphatic rings. The van der Waals surface area contributed by atoms with Gasteiger partial charge in [-0.1, -0.05) is 6.07 Å². The molecule has 0 radical (unpaired) electrons. The van der Waals surface area contributed by atoms with Crippen LogP contribution in [0.15, 0.2) is 49.2 Å². The number of carbonyl (C=O) groups excluding carboxylic acids is 2. The summed E-state index contributed by atoms with van der Waals surface area (Å²) in [6, 6.07) is 5.81. The third-order valence-corrected chi connectivity index (χ3v) is 5.97. The number of fused-ring (bicyclic) bond motifs is 1. The summed E-state index contributed by atoms with van der Waals surface area (Å²) in [4.78, 5) is 33.0. The molecule has 1 N–H and O–H groups in total. The average molecular weight is 429 g/mol. The zero-order valence-electron chi connectivity index (χ0n) is 17.7. The smallest absolute Gasteiger partial charge is 0.261 e. The van der Waals surface area contributed by atoms with Gasteiger partial charge in [-0.15, -0.1) is 0 Å². The van der Waals surface area contributed by atoms with Crippen LogP contribution in [0.4, 0.5) is 5.69 Å². The Kier molecular flexibility index (Phi) is 5.22. The molecule has 0 aliphatic heterocycles. The molecule has 162 valence electrons. The van der Waals surface area contributed by atoms with Crippen LogP contribution in [-0.4, -0.2) is 41.6 Å². The van der Waals surface area contributed by atoms with E-state index in [1.165, 1.54) is 6.20 Å². The number of aldehydes is 1. The number of aryl methyl sites for hydroxylation is 1. The van der Waals surface area contributed by atoms with Crippen molar-refractivity contribution in [1.29, 1.82) is 0 Å². The van der Waals surface area contributed by atoms with Crippen LogP contribution in [0.2, 0.25) is 0 Å². The van der Waals surface area contributed by atoms with Gasteiger partial charge in [-0.2, -0.15) is 10.2 Å². The van der Waals surface area contributed by atoms with Crippen LogP contribution in [0.1, 0.15) is 47.6 Å². The zero-order chi connectivity index (χ0) is 22.1. The van der Waals surface area contributed by atoms with Crippen LogP contribution < -0.4 is 5.32 Å². The number of anilines is 1. The molecule has 0 bridgehead atoms. The second kappa shape index (κ2) is 8.33. The predicted octanol–water partition coefficient (Wildman–Crippen LogP) is 3.48. The molecule has 9 heteroatoms. The molecule has 0 aromatic carbocycles. The minimum absolute atomic E-state index is 0.127. The summed E-state index contributed by atoms with van der Waals surface area (Å²) in [5.74, 6) is -0.182. The Hall–Kier alpha value is -3.88. The second-order valence-corrected chi connectivity index (χ2v) is 8.20. The molecule has 0 unspecified atom stereocenters. The highest BCUT2D eigenvalue weighted by Crippen LogP contribution is 2.34. The van der Waals surface area contributed by atoms with Gasteiger partial charge in [0.1, 0.15) is 17.5 Å². The molecule has 4 heterocycles. The Morgan fingerprint density at radius 1 is 1.16 bits per heavy atom. The molecular weight excluding hydrogens is 406 g/mol. The van der Waals surface area contributed by atoms with Gasteiger partial charge in [0.2, 0.25) is 0 Å². The van der Waals surface area contributed by atoms with E-state index in [0.29, 0.717) is 28.3 Å². The molecule has 1 aliphatic carbocycles. The van der Waals surface area contributed by atoms with Gasteiger partial charge in [-0.3, -0.25) is 14.5 Å². The van der Waals surface area contributed by atoms with Crippen molar-refractivity contribution in [2.75, 3.05) is 5.32 Å². The molecule has 32 heavy (non-hydrogen) atoms. The fraction of sp³-hybridized carbons (Fsp3) is 0.304. The van der Waals surface area contributed by atoms with E-state index in [4.69, 9.17) is 5.10 Å². The number of aromatic nitrogens is 6. The van der Waals surface area contributed by atoms with Gasteiger partial charge >= 0.3 is 0 Å². The summed E-state index contributed by atoms with van der Waals surface area (Å²) in [7, 11) is 0. The first-order valence-corrected chi connectivity index (χ1v) is 10.7. The maximum atomic E-state index is 13.1. The average Bonchev–Trinajstić information content (AvgIpc) is 3.44. The molecule has 5 rings (SSSR count). The van der Waals surface area contributed by atoms with Crippen molar-refractivity contribution >= 4 is 23.5 Å². The lowest BCUT2D eigenvalue weighted by atomic mass is 9.87. The maximum absolute atomic E-state index is 13.1. The molecule has 0 spiro atoms. The van der Waals surface area contributed by atoms with Crippen molar-refractivity contribution in [2.45, 2.75) is 38.6 Å². The quantitative estimate of drug-likeness (QED) is 0.487. The zero-order valence-corrected chi connectivity index (χ0v) is 17.7. The van der Waals surface area contributed by atoms with Crippen molar-refractivity contribution in [3.8, 4) is 11.4 Å². The normalized spacial score (nSPS) is 18.5. The minimum atomic E-state index is -0.309. The minimum Gasteiger partial charge on any atom is -0.319 e. The molecule has 1 saturated carbocycles. The summed E-state index contributed by atoms with van der Waals surface area (Å²) in [6.45, 7) is 1.97. The van der Waals surface area contributed by atoms with Crippen molar-refractivity contribution in [3.05, 3.63) is 60.3 Å². The molecule has 0 atom stereocenters. The summed E-state index contributed by atoms with van der Waals surface area (Å²) in [6.07, 6.45) is 13.0. The molecule has 0 saturated heterocycles. The Morgan fingerprint density at radius 2 is 2.00 bits per heavy atom. The van der Waals surface area contributed by atoms with E-state index in [2.05, 4.69) is 20.4 Å². The molecule has 4 aromatic rings. The van der Waals surface area contributed by atoms with E-state index in [1.807, 2.05) is 29.9 Å². The third kappa shape index (κ3) is 3.77. The summed E-state index contributed by atoms with van der Waals surface area (Å²) in [5, 5.41) is 12.0. The molecule has 9 nitrogen and oxygen atoms in total. The van der Waals surface area contributed by atoms with E-state index in [1.54, 1.807) is 29.2 Å². The standard InChI is InChI=1S/C23H23N7O2/c1-15-3-8-19(25-11-15)21-20(13-30(28-21)17-6-4-16(14-31)5-7-17)27-23(32)18-12-26-29-10-2-9-24-22(18)29/h2-3,8-14,16-17H,4-7H2,1H3,(H,27,32)/t16-,17-. The molecule has 1 amide bonds.